The highest BCUT2D eigenvalue weighted by molar-refractivity contribution is 5.66. The molecule has 0 aromatic heterocycles. The summed E-state index contributed by atoms with van der Waals surface area (Å²) in [6.07, 6.45) is 12.3. The predicted molar refractivity (Wildman–Crippen MR) is 77.2 cm³/mol. The van der Waals surface area contributed by atoms with Crippen molar-refractivity contribution in [1.29, 1.82) is 0 Å². The van der Waals surface area contributed by atoms with Crippen molar-refractivity contribution in [1.82, 2.24) is 4.90 Å². The summed E-state index contributed by atoms with van der Waals surface area (Å²) in [6.45, 7) is 3.60. The van der Waals surface area contributed by atoms with E-state index in [9.17, 15) is 4.79 Å². The molecule has 1 aliphatic heterocycles. The third kappa shape index (κ3) is 5.52. The van der Waals surface area contributed by atoms with Crippen LogP contribution in [0.1, 0.15) is 64.2 Å². The molecule has 2 rings (SSSR count). The van der Waals surface area contributed by atoms with Crippen LogP contribution in [0.4, 0.5) is 0 Å². The minimum atomic E-state index is -0.640. The van der Waals surface area contributed by atoms with Crippen LogP contribution in [-0.2, 0) is 4.79 Å². The first-order valence-electron chi connectivity index (χ1n) is 8.18. The van der Waals surface area contributed by atoms with E-state index >= 15 is 0 Å². The van der Waals surface area contributed by atoms with Crippen LogP contribution in [-0.4, -0.2) is 35.6 Å². The number of hydrogen-bond acceptors (Lipinski definition) is 2. The third-order valence-corrected chi connectivity index (χ3v) is 4.93. The lowest BCUT2D eigenvalue weighted by Gasteiger charge is -2.32. The van der Waals surface area contributed by atoms with Gasteiger partial charge in [-0.05, 0) is 57.0 Å². The Balaban J connectivity index is 1.59. The van der Waals surface area contributed by atoms with E-state index in [4.69, 9.17) is 5.11 Å². The molecule has 19 heavy (non-hydrogen) atoms. The van der Waals surface area contributed by atoms with Gasteiger partial charge in [0.1, 0.15) is 0 Å². The monoisotopic (exact) mass is 267 g/mol. The Morgan fingerprint density at radius 1 is 1.05 bits per heavy atom. The maximum absolute atomic E-state index is 10.6. The molecule has 2 aliphatic rings. The van der Waals surface area contributed by atoms with Crippen molar-refractivity contribution in [3.05, 3.63) is 0 Å². The van der Waals surface area contributed by atoms with Gasteiger partial charge in [0.05, 0.1) is 0 Å². The number of carbonyl (C=O) groups is 1. The summed E-state index contributed by atoms with van der Waals surface area (Å²) in [7, 11) is 0. The number of nitrogens with zero attached hydrogens (tertiary/aromatic N) is 1. The molecular weight excluding hydrogens is 238 g/mol. The largest absolute Gasteiger partial charge is 0.481 e. The fraction of sp³-hybridized carbons (Fsp3) is 0.938. The molecule has 2 fully saturated rings. The van der Waals surface area contributed by atoms with Crippen LogP contribution in [0.25, 0.3) is 0 Å². The topological polar surface area (TPSA) is 40.5 Å². The Morgan fingerprint density at radius 2 is 1.79 bits per heavy atom. The Kier molecular flexibility index (Phi) is 6.15. The van der Waals surface area contributed by atoms with Gasteiger partial charge in [-0.1, -0.05) is 25.7 Å². The fourth-order valence-corrected chi connectivity index (χ4v) is 3.82. The number of likely N-dealkylation sites (tertiary alicyclic amines) is 1. The van der Waals surface area contributed by atoms with Gasteiger partial charge in [-0.15, -0.1) is 0 Å². The summed E-state index contributed by atoms with van der Waals surface area (Å²) in [5.74, 6) is 0.988. The molecular formula is C16H29NO2. The molecule has 3 nitrogen and oxygen atoms in total. The Labute approximate surface area is 117 Å². The van der Waals surface area contributed by atoms with E-state index in [0.29, 0.717) is 12.3 Å². The quantitative estimate of drug-likeness (QED) is 0.767. The summed E-state index contributed by atoms with van der Waals surface area (Å²) in [4.78, 5) is 13.2. The maximum atomic E-state index is 10.6. The standard InChI is InChI=1S/C16H29NO2/c18-16(19)10-9-15-8-4-12-17(13-15)11-3-7-14-5-1-2-6-14/h14-15H,1-13H2,(H,18,19). The molecule has 0 aromatic carbocycles. The van der Waals surface area contributed by atoms with E-state index in [-0.39, 0.29) is 0 Å². The second-order valence-corrected chi connectivity index (χ2v) is 6.53. The van der Waals surface area contributed by atoms with Gasteiger partial charge >= 0.3 is 5.97 Å². The second kappa shape index (κ2) is 7.88. The van der Waals surface area contributed by atoms with Crippen molar-refractivity contribution in [2.45, 2.75) is 64.2 Å². The summed E-state index contributed by atoms with van der Waals surface area (Å²) >= 11 is 0. The van der Waals surface area contributed by atoms with Crippen LogP contribution in [0.5, 0.6) is 0 Å². The lowest BCUT2D eigenvalue weighted by molar-refractivity contribution is -0.137. The Morgan fingerprint density at radius 3 is 2.53 bits per heavy atom. The van der Waals surface area contributed by atoms with Crippen LogP contribution in [0, 0.1) is 11.8 Å². The van der Waals surface area contributed by atoms with Gasteiger partial charge in [0.25, 0.3) is 0 Å². The smallest absolute Gasteiger partial charge is 0.303 e. The zero-order valence-corrected chi connectivity index (χ0v) is 12.1. The van der Waals surface area contributed by atoms with Gasteiger partial charge in [0.15, 0.2) is 0 Å². The van der Waals surface area contributed by atoms with Gasteiger partial charge in [0.2, 0.25) is 0 Å². The molecule has 0 radical (unpaired) electrons. The van der Waals surface area contributed by atoms with Crippen molar-refractivity contribution >= 4 is 5.97 Å². The molecule has 0 bridgehead atoms. The summed E-state index contributed by atoms with van der Waals surface area (Å²) < 4.78 is 0. The highest BCUT2D eigenvalue weighted by Crippen LogP contribution is 2.29. The molecule has 1 saturated carbocycles. The summed E-state index contributed by atoms with van der Waals surface area (Å²) in [6, 6.07) is 0. The first-order valence-corrected chi connectivity index (χ1v) is 8.18. The average Bonchev–Trinajstić information content (AvgIpc) is 2.90. The zero-order valence-electron chi connectivity index (χ0n) is 12.1. The van der Waals surface area contributed by atoms with Crippen LogP contribution < -0.4 is 0 Å². The van der Waals surface area contributed by atoms with Crippen molar-refractivity contribution < 1.29 is 9.90 Å². The van der Waals surface area contributed by atoms with E-state index in [2.05, 4.69) is 4.90 Å². The molecule has 1 N–H and O–H groups in total. The Bertz CT molecular complexity index is 274. The number of rotatable bonds is 7. The minimum Gasteiger partial charge on any atom is -0.481 e. The molecule has 1 unspecified atom stereocenters. The average molecular weight is 267 g/mol. The van der Waals surface area contributed by atoms with E-state index in [1.807, 2.05) is 0 Å². The normalized spacial score (nSPS) is 25.8. The highest BCUT2D eigenvalue weighted by Gasteiger charge is 2.21. The van der Waals surface area contributed by atoms with Gasteiger partial charge in [-0.2, -0.15) is 0 Å². The van der Waals surface area contributed by atoms with E-state index < -0.39 is 5.97 Å². The second-order valence-electron chi connectivity index (χ2n) is 6.53. The molecule has 1 aliphatic carbocycles. The number of piperidine rings is 1. The fourth-order valence-electron chi connectivity index (χ4n) is 3.82. The minimum absolute atomic E-state index is 0.348. The van der Waals surface area contributed by atoms with E-state index in [1.165, 1.54) is 64.5 Å². The van der Waals surface area contributed by atoms with Crippen LogP contribution in [0.3, 0.4) is 0 Å². The molecule has 0 spiro atoms. The first kappa shape index (κ1) is 14.8. The number of carboxylic acid groups (broad SMARTS) is 1. The Hall–Kier alpha value is -0.570. The van der Waals surface area contributed by atoms with Crippen LogP contribution in [0.15, 0.2) is 0 Å². The van der Waals surface area contributed by atoms with E-state index in [0.717, 1.165) is 18.9 Å². The number of hydrogen-bond donors (Lipinski definition) is 1. The molecule has 1 atom stereocenters. The third-order valence-electron chi connectivity index (χ3n) is 4.93. The molecule has 0 amide bonds. The van der Waals surface area contributed by atoms with Crippen molar-refractivity contribution in [3.8, 4) is 0 Å². The molecule has 3 heteroatoms. The highest BCUT2D eigenvalue weighted by atomic mass is 16.4. The summed E-state index contributed by atoms with van der Waals surface area (Å²) in [5.41, 5.74) is 0. The predicted octanol–water partition coefficient (Wildman–Crippen LogP) is 3.53. The van der Waals surface area contributed by atoms with Crippen molar-refractivity contribution in [3.63, 3.8) is 0 Å². The lowest BCUT2D eigenvalue weighted by atomic mass is 9.93. The number of carboxylic acids is 1. The molecule has 0 aromatic rings. The molecule has 1 saturated heterocycles. The van der Waals surface area contributed by atoms with Crippen LogP contribution in [0.2, 0.25) is 0 Å². The first-order chi connectivity index (χ1) is 9.24. The van der Waals surface area contributed by atoms with Crippen molar-refractivity contribution in [2.75, 3.05) is 19.6 Å². The number of aliphatic carboxylic acids is 1. The van der Waals surface area contributed by atoms with Gasteiger partial charge in [-0.3, -0.25) is 4.79 Å². The van der Waals surface area contributed by atoms with Gasteiger partial charge in [-0.25, -0.2) is 0 Å². The SMILES string of the molecule is O=C(O)CCC1CCCN(CCCC2CCCC2)C1. The molecule has 110 valence electrons. The maximum Gasteiger partial charge on any atom is 0.303 e. The van der Waals surface area contributed by atoms with Gasteiger partial charge in [0, 0.05) is 13.0 Å². The van der Waals surface area contributed by atoms with E-state index in [1.54, 1.807) is 0 Å². The van der Waals surface area contributed by atoms with Gasteiger partial charge < -0.3 is 10.0 Å². The van der Waals surface area contributed by atoms with Crippen molar-refractivity contribution in [2.24, 2.45) is 11.8 Å². The lowest BCUT2D eigenvalue weighted by Crippen LogP contribution is -2.36. The zero-order chi connectivity index (χ0) is 13.5. The summed E-state index contributed by atoms with van der Waals surface area (Å²) in [5, 5.41) is 8.76. The molecule has 1 heterocycles. The van der Waals surface area contributed by atoms with Crippen LogP contribution >= 0.6 is 0 Å².